The highest BCUT2D eigenvalue weighted by Crippen LogP contribution is 2.26. The lowest BCUT2D eigenvalue weighted by Gasteiger charge is -2.41. The Labute approximate surface area is 145 Å². The molecule has 134 valence electrons. The lowest BCUT2D eigenvalue weighted by atomic mass is 9.88. The van der Waals surface area contributed by atoms with Crippen molar-refractivity contribution in [3.8, 4) is 0 Å². The normalized spacial score (nSPS) is 20.8. The topological polar surface area (TPSA) is 61.8 Å². The van der Waals surface area contributed by atoms with Crippen LogP contribution in [0.3, 0.4) is 0 Å². The zero-order valence-corrected chi connectivity index (χ0v) is 14.8. The first-order chi connectivity index (χ1) is 11.6. The van der Waals surface area contributed by atoms with E-state index in [1.165, 1.54) is 0 Å². The van der Waals surface area contributed by atoms with Crippen LogP contribution in [-0.2, 0) is 11.3 Å². The zero-order chi connectivity index (χ0) is 17.4. The summed E-state index contributed by atoms with van der Waals surface area (Å²) in [6, 6.07) is 10.2. The average Bonchev–Trinajstić information content (AvgIpc) is 2.60. The van der Waals surface area contributed by atoms with Crippen molar-refractivity contribution in [1.82, 2.24) is 10.2 Å². The van der Waals surface area contributed by atoms with Gasteiger partial charge in [-0.05, 0) is 32.3 Å². The number of nitrogens with one attached hydrogen (secondary N) is 1. The van der Waals surface area contributed by atoms with E-state index in [1.54, 1.807) is 0 Å². The van der Waals surface area contributed by atoms with Crippen molar-refractivity contribution in [2.24, 2.45) is 0 Å². The molecule has 5 nitrogen and oxygen atoms in total. The summed E-state index contributed by atoms with van der Waals surface area (Å²) < 4.78 is 5.57. The number of aliphatic hydroxyl groups excluding tert-OH is 1. The SMILES string of the molecule is CC(C)N(C(=O)OCc1ccccc1)[C@@H]1CCCC[C@H]1NCCO. The maximum absolute atomic E-state index is 12.7. The van der Waals surface area contributed by atoms with E-state index in [4.69, 9.17) is 9.84 Å². The number of hydrogen-bond donors (Lipinski definition) is 2. The average molecular weight is 334 g/mol. The minimum Gasteiger partial charge on any atom is -0.445 e. The van der Waals surface area contributed by atoms with Gasteiger partial charge in [0.15, 0.2) is 0 Å². The van der Waals surface area contributed by atoms with E-state index in [1.807, 2.05) is 49.1 Å². The highest BCUT2D eigenvalue weighted by Gasteiger charge is 2.35. The summed E-state index contributed by atoms with van der Waals surface area (Å²) in [4.78, 5) is 14.6. The van der Waals surface area contributed by atoms with Gasteiger partial charge in [0.2, 0.25) is 0 Å². The Bertz CT molecular complexity index is 493. The van der Waals surface area contributed by atoms with E-state index in [-0.39, 0.29) is 30.8 Å². The molecule has 1 aromatic carbocycles. The van der Waals surface area contributed by atoms with Crippen LogP contribution in [0.2, 0.25) is 0 Å². The van der Waals surface area contributed by atoms with Crippen LogP contribution in [0.1, 0.15) is 45.1 Å². The van der Waals surface area contributed by atoms with Crippen LogP contribution in [0, 0.1) is 0 Å². The monoisotopic (exact) mass is 334 g/mol. The number of ether oxygens (including phenoxy) is 1. The predicted molar refractivity (Wildman–Crippen MR) is 94.7 cm³/mol. The van der Waals surface area contributed by atoms with E-state index in [0.29, 0.717) is 13.2 Å². The van der Waals surface area contributed by atoms with Crippen LogP contribution in [-0.4, -0.2) is 47.4 Å². The Kier molecular flexibility index (Phi) is 7.53. The molecule has 0 heterocycles. The molecule has 2 rings (SSSR count). The molecule has 5 heteroatoms. The van der Waals surface area contributed by atoms with Gasteiger partial charge in [0.1, 0.15) is 6.61 Å². The van der Waals surface area contributed by atoms with Crippen molar-refractivity contribution in [2.45, 2.75) is 64.3 Å². The third-order valence-electron chi connectivity index (χ3n) is 4.58. The Morgan fingerprint density at radius 2 is 2.00 bits per heavy atom. The van der Waals surface area contributed by atoms with Crippen LogP contribution in [0.5, 0.6) is 0 Å². The zero-order valence-electron chi connectivity index (χ0n) is 14.8. The number of benzene rings is 1. The van der Waals surface area contributed by atoms with Gasteiger partial charge in [-0.25, -0.2) is 4.79 Å². The molecular weight excluding hydrogens is 304 g/mol. The van der Waals surface area contributed by atoms with Crippen molar-refractivity contribution < 1.29 is 14.6 Å². The van der Waals surface area contributed by atoms with Gasteiger partial charge in [-0.15, -0.1) is 0 Å². The summed E-state index contributed by atoms with van der Waals surface area (Å²) in [5.41, 5.74) is 0.994. The van der Waals surface area contributed by atoms with Gasteiger partial charge in [0.25, 0.3) is 0 Å². The van der Waals surface area contributed by atoms with Gasteiger partial charge in [0.05, 0.1) is 12.6 Å². The summed E-state index contributed by atoms with van der Waals surface area (Å²) in [5, 5.41) is 12.5. The van der Waals surface area contributed by atoms with Crippen LogP contribution in [0.4, 0.5) is 4.79 Å². The van der Waals surface area contributed by atoms with Gasteiger partial charge in [-0.1, -0.05) is 43.2 Å². The molecule has 1 aliphatic carbocycles. The molecule has 1 aromatic rings. The van der Waals surface area contributed by atoms with E-state index >= 15 is 0 Å². The summed E-state index contributed by atoms with van der Waals surface area (Å²) >= 11 is 0. The lowest BCUT2D eigenvalue weighted by molar-refractivity contribution is 0.0471. The molecule has 2 atom stereocenters. The Morgan fingerprint density at radius 3 is 2.67 bits per heavy atom. The van der Waals surface area contributed by atoms with Gasteiger partial charge in [-0.2, -0.15) is 0 Å². The summed E-state index contributed by atoms with van der Waals surface area (Å²) in [6.07, 6.45) is 4.03. The van der Waals surface area contributed by atoms with Crippen LogP contribution >= 0.6 is 0 Å². The first-order valence-corrected chi connectivity index (χ1v) is 8.96. The van der Waals surface area contributed by atoms with Gasteiger partial charge < -0.3 is 20.1 Å². The van der Waals surface area contributed by atoms with Crippen LogP contribution < -0.4 is 5.32 Å². The second kappa shape index (κ2) is 9.64. The highest BCUT2D eigenvalue weighted by molar-refractivity contribution is 5.68. The standard InChI is InChI=1S/C19H30N2O3/c1-15(2)21(18-11-7-6-10-17(18)20-12-13-22)19(23)24-14-16-8-4-3-5-9-16/h3-5,8-9,15,17-18,20,22H,6-7,10-14H2,1-2H3/t17-,18-/m1/s1. The molecular formula is C19H30N2O3. The van der Waals surface area contributed by atoms with Crippen LogP contribution in [0.15, 0.2) is 30.3 Å². The van der Waals surface area contributed by atoms with Crippen molar-refractivity contribution in [3.05, 3.63) is 35.9 Å². The number of carbonyl (C=O) groups is 1. The fourth-order valence-electron chi connectivity index (χ4n) is 3.46. The van der Waals surface area contributed by atoms with E-state index in [2.05, 4.69) is 5.32 Å². The fraction of sp³-hybridized carbons (Fsp3) is 0.632. The first kappa shape index (κ1) is 18.7. The predicted octanol–water partition coefficient (Wildman–Crippen LogP) is 2.93. The van der Waals surface area contributed by atoms with E-state index in [0.717, 1.165) is 31.2 Å². The quantitative estimate of drug-likeness (QED) is 0.805. The lowest BCUT2D eigenvalue weighted by Crippen LogP contribution is -2.56. The fourth-order valence-corrected chi connectivity index (χ4v) is 3.46. The maximum Gasteiger partial charge on any atom is 0.410 e. The number of carbonyl (C=O) groups excluding carboxylic acids is 1. The number of hydrogen-bond acceptors (Lipinski definition) is 4. The molecule has 1 aliphatic rings. The smallest absolute Gasteiger partial charge is 0.410 e. The summed E-state index contributed by atoms with van der Waals surface area (Å²) in [5.74, 6) is 0. The Balaban J connectivity index is 2.01. The van der Waals surface area contributed by atoms with Gasteiger partial charge in [0, 0.05) is 18.6 Å². The molecule has 0 saturated heterocycles. The second-order valence-electron chi connectivity index (χ2n) is 6.68. The molecule has 2 N–H and O–H groups in total. The van der Waals surface area contributed by atoms with Crippen molar-refractivity contribution in [3.63, 3.8) is 0 Å². The summed E-state index contributed by atoms with van der Waals surface area (Å²) in [6.45, 7) is 5.03. The number of aliphatic hydroxyl groups is 1. The Hall–Kier alpha value is -1.59. The molecule has 0 radical (unpaired) electrons. The molecule has 0 aromatic heterocycles. The maximum atomic E-state index is 12.7. The van der Waals surface area contributed by atoms with Crippen molar-refractivity contribution in [1.29, 1.82) is 0 Å². The van der Waals surface area contributed by atoms with Gasteiger partial charge in [-0.3, -0.25) is 0 Å². The molecule has 1 fully saturated rings. The minimum absolute atomic E-state index is 0.0785. The number of rotatable bonds is 7. The number of nitrogens with zero attached hydrogens (tertiary/aromatic N) is 1. The molecule has 0 bridgehead atoms. The molecule has 1 saturated carbocycles. The molecule has 0 spiro atoms. The molecule has 0 aliphatic heterocycles. The van der Waals surface area contributed by atoms with E-state index < -0.39 is 0 Å². The van der Waals surface area contributed by atoms with Crippen LogP contribution in [0.25, 0.3) is 0 Å². The Morgan fingerprint density at radius 1 is 1.29 bits per heavy atom. The highest BCUT2D eigenvalue weighted by atomic mass is 16.6. The molecule has 0 unspecified atom stereocenters. The third-order valence-corrected chi connectivity index (χ3v) is 4.58. The minimum atomic E-state index is -0.253. The van der Waals surface area contributed by atoms with E-state index in [9.17, 15) is 4.79 Å². The van der Waals surface area contributed by atoms with Crippen molar-refractivity contribution >= 4 is 6.09 Å². The summed E-state index contributed by atoms with van der Waals surface area (Å²) in [7, 11) is 0. The number of amides is 1. The first-order valence-electron chi connectivity index (χ1n) is 8.96. The molecule has 1 amide bonds. The second-order valence-corrected chi connectivity index (χ2v) is 6.68. The van der Waals surface area contributed by atoms with Gasteiger partial charge >= 0.3 is 6.09 Å². The molecule has 24 heavy (non-hydrogen) atoms. The third kappa shape index (κ3) is 5.21. The largest absolute Gasteiger partial charge is 0.445 e. The van der Waals surface area contributed by atoms with Crippen molar-refractivity contribution in [2.75, 3.05) is 13.2 Å².